The van der Waals surface area contributed by atoms with Crippen molar-refractivity contribution < 1.29 is 4.79 Å². The average molecular weight is 247 g/mol. The molecule has 1 aliphatic carbocycles. The van der Waals surface area contributed by atoms with Crippen LogP contribution in [0.15, 0.2) is 18.2 Å². The number of hydrogen-bond donors (Lipinski definition) is 3. The lowest BCUT2D eigenvalue weighted by Crippen LogP contribution is -2.41. The summed E-state index contributed by atoms with van der Waals surface area (Å²) in [6.07, 6.45) is 3.72. The van der Waals surface area contributed by atoms with Gasteiger partial charge in [-0.2, -0.15) is 0 Å². The lowest BCUT2D eigenvalue weighted by atomic mass is 9.80. The molecule has 0 spiro atoms. The van der Waals surface area contributed by atoms with Gasteiger partial charge < -0.3 is 10.7 Å². The molecule has 1 aliphatic rings. The summed E-state index contributed by atoms with van der Waals surface area (Å²) >= 11 is 0. The standard InChI is InChI=1S/C14H21N3O/c1-9-6-7-13(17-15)12(8-9)14(18)16-10(2)11-4-3-5-11/h6-8,10-11,17H,3-5,15H2,1-2H3,(H,16,18). The lowest BCUT2D eigenvalue weighted by molar-refractivity contribution is 0.0910. The zero-order chi connectivity index (χ0) is 13.1. The number of aryl methyl sites for hydroxylation is 1. The second kappa shape index (κ2) is 5.40. The van der Waals surface area contributed by atoms with Gasteiger partial charge in [-0.1, -0.05) is 18.1 Å². The van der Waals surface area contributed by atoms with Crippen LogP contribution >= 0.6 is 0 Å². The second-order valence-electron chi connectivity index (χ2n) is 5.15. The Labute approximate surface area is 108 Å². The van der Waals surface area contributed by atoms with Crippen molar-refractivity contribution in [1.29, 1.82) is 0 Å². The zero-order valence-electron chi connectivity index (χ0n) is 11.0. The maximum absolute atomic E-state index is 12.2. The molecule has 1 amide bonds. The number of carbonyl (C=O) groups excluding carboxylic acids is 1. The number of benzene rings is 1. The number of rotatable bonds is 4. The molecule has 0 radical (unpaired) electrons. The molecule has 4 N–H and O–H groups in total. The molecule has 0 aromatic heterocycles. The Kier molecular flexibility index (Phi) is 3.87. The van der Waals surface area contributed by atoms with Gasteiger partial charge in [0.05, 0.1) is 11.3 Å². The number of nitrogens with one attached hydrogen (secondary N) is 2. The van der Waals surface area contributed by atoms with E-state index in [-0.39, 0.29) is 11.9 Å². The summed E-state index contributed by atoms with van der Waals surface area (Å²) in [6, 6.07) is 5.86. The van der Waals surface area contributed by atoms with Gasteiger partial charge in [0.2, 0.25) is 0 Å². The van der Waals surface area contributed by atoms with Crippen LogP contribution in [0, 0.1) is 12.8 Å². The minimum absolute atomic E-state index is 0.0500. The van der Waals surface area contributed by atoms with E-state index in [1.54, 1.807) is 0 Å². The molecule has 1 aromatic rings. The Morgan fingerprint density at radius 3 is 2.72 bits per heavy atom. The van der Waals surface area contributed by atoms with Crippen LogP contribution in [0.2, 0.25) is 0 Å². The van der Waals surface area contributed by atoms with Crippen LogP contribution < -0.4 is 16.6 Å². The average Bonchev–Trinajstić information content (AvgIpc) is 2.26. The third kappa shape index (κ3) is 2.64. The quantitative estimate of drug-likeness (QED) is 0.564. The van der Waals surface area contributed by atoms with E-state index in [1.165, 1.54) is 19.3 Å². The Morgan fingerprint density at radius 1 is 1.44 bits per heavy atom. The van der Waals surface area contributed by atoms with Crippen LogP contribution in [0.25, 0.3) is 0 Å². The molecule has 2 rings (SSSR count). The van der Waals surface area contributed by atoms with Gasteiger partial charge in [0, 0.05) is 6.04 Å². The highest BCUT2D eigenvalue weighted by molar-refractivity contribution is 5.99. The molecular weight excluding hydrogens is 226 g/mol. The fraction of sp³-hybridized carbons (Fsp3) is 0.500. The lowest BCUT2D eigenvalue weighted by Gasteiger charge is -2.32. The highest BCUT2D eigenvalue weighted by Crippen LogP contribution is 2.29. The van der Waals surface area contributed by atoms with Gasteiger partial charge in [-0.15, -0.1) is 0 Å². The van der Waals surface area contributed by atoms with Crippen molar-refractivity contribution in [3.05, 3.63) is 29.3 Å². The molecule has 1 fully saturated rings. The number of nitrogens with two attached hydrogens (primary N) is 1. The largest absolute Gasteiger partial charge is 0.349 e. The molecule has 0 saturated heterocycles. The molecule has 98 valence electrons. The minimum atomic E-state index is -0.0500. The molecule has 0 bridgehead atoms. The summed E-state index contributed by atoms with van der Waals surface area (Å²) in [5.41, 5.74) is 4.90. The van der Waals surface area contributed by atoms with Crippen molar-refractivity contribution in [2.24, 2.45) is 11.8 Å². The number of nitrogen functional groups attached to an aromatic ring is 1. The first-order chi connectivity index (χ1) is 8.61. The van der Waals surface area contributed by atoms with Gasteiger partial charge >= 0.3 is 0 Å². The van der Waals surface area contributed by atoms with Crippen LogP contribution in [0.1, 0.15) is 42.1 Å². The van der Waals surface area contributed by atoms with E-state index in [1.807, 2.05) is 25.1 Å². The van der Waals surface area contributed by atoms with Crippen LogP contribution in [-0.2, 0) is 0 Å². The normalized spacial score (nSPS) is 16.8. The van der Waals surface area contributed by atoms with Crippen molar-refractivity contribution in [2.75, 3.05) is 5.43 Å². The summed E-state index contributed by atoms with van der Waals surface area (Å²) in [5.74, 6) is 6.02. The van der Waals surface area contributed by atoms with Crippen LogP contribution in [0.3, 0.4) is 0 Å². The van der Waals surface area contributed by atoms with E-state index in [9.17, 15) is 4.79 Å². The van der Waals surface area contributed by atoms with E-state index in [4.69, 9.17) is 5.84 Å². The molecule has 1 unspecified atom stereocenters. The van der Waals surface area contributed by atoms with Crippen molar-refractivity contribution in [2.45, 2.75) is 39.2 Å². The molecule has 0 aliphatic heterocycles. The Morgan fingerprint density at radius 2 is 2.17 bits per heavy atom. The molecular formula is C14H21N3O. The smallest absolute Gasteiger partial charge is 0.253 e. The van der Waals surface area contributed by atoms with Crippen molar-refractivity contribution in [3.8, 4) is 0 Å². The van der Waals surface area contributed by atoms with Gasteiger partial charge in [-0.3, -0.25) is 10.6 Å². The van der Waals surface area contributed by atoms with Gasteiger partial charge in [0.25, 0.3) is 5.91 Å². The predicted octanol–water partition coefficient (Wildman–Crippen LogP) is 2.20. The maximum Gasteiger partial charge on any atom is 0.253 e. The fourth-order valence-electron chi connectivity index (χ4n) is 2.31. The third-order valence-corrected chi connectivity index (χ3v) is 3.79. The summed E-state index contributed by atoms with van der Waals surface area (Å²) in [4.78, 5) is 12.2. The van der Waals surface area contributed by atoms with Crippen LogP contribution in [-0.4, -0.2) is 11.9 Å². The molecule has 1 atom stereocenters. The van der Waals surface area contributed by atoms with E-state index in [2.05, 4.69) is 17.7 Å². The van der Waals surface area contributed by atoms with Crippen LogP contribution in [0.5, 0.6) is 0 Å². The number of carbonyl (C=O) groups is 1. The number of hydrogen-bond acceptors (Lipinski definition) is 3. The number of hydrazine groups is 1. The topological polar surface area (TPSA) is 67.1 Å². The molecule has 0 heterocycles. The highest BCUT2D eigenvalue weighted by Gasteiger charge is 2.25. The molecule has 4 heteroatoms. The maximum atomic E-state index is 12.2. The molecule has 1 aromatic carbocycles. The summed E-state index contributed by atoms with van der Waals surface area (Å²) in [5, 5.41) is 3.07. The third-order valence-electron chi connectivity index (χ3n) is 3.79. The summed E-state index contributed by atoms with van der Waals surface area (Å²) in [7, 11) is 0. The van der Waals surface area contributed by atoms with Crippen LogP contribution in [0.4, 0.5) is 5.69 Å². The van der Waals surface area contributed by atoms with E-state index in [0.29, 0.717) is 17.2 Å². The van der Waals surface area contributed by atoms with E-state index in [0.717, 1.165) is 5.56 Å². The fourth-order valence-corrected chi connectivity index (χ4v) is 2.31. The van der Waals surface area contributed by atoms with Gasteiger partial charge in [0.1, 0.15) is 0 Å². The SMILES string of the molecule is Cc1ccc(NN)c(C(=O)NC(C)C2CCC2)c1. The first-order valence-electron chi connectivity index (χ1n) is 6.50. The van der Waals surface area contributed by atoms with Gasteiger partial charge in [-0.05, 0) is 44.7 Å². The first kappa shape index (κ1) is 12.9. The minimum Gasteiger partial charge on any atom is -0.349 e. The molecule has 4 nitrogen and oxygen atoms in total. The molecule has 1 saturated carbocycles. The number of amides is 1. The van der Waals surface area contributed by atoms with E-state index < -0.39 is 0 Å². The Bertz CT molecular complexity index is 441. The first-order valence-corrected chi connectivity index (χ1v) is 6.50. The monoisotopic (exact) mass is 247 g/mol. The summed E-state index contributed by atoms with van der Waals surface area (Å²) in [6.45, 7) is 4.04. The van der Waals surface area contributed by atoms with Crippen molar-refractivity contribution >= 4 is 11.6 Å². The molecule has 18 heavy (non-hydrogen) atoms. The Hall–Kier alpha value is -1.55. The number of anilines is 1. The van der Waals surface area contributed by atoms with Gasteiger partial charge in [-0.25, -0.2) is 0 Å². The van der Waals surface area contributed by atoms with E-state index >= 15 is 0 Å². The predicted molar refractivity (Wildman–Crippen MR) is 73.3 cm³/mol. The highest BCUT2D eigenvalue weighted by atomic mass is 16.1. The van der Waals surface area contributed by atoms with Gasteiger partial charge in [0.15, 0.2) is 0 Å². The second-order valence-corrected chi connectivity index (χ2v) is 5.15. The van der Waals surface area contributed by atoms with Crippen molar-refractivity contribution in [3.63, 3.8) is 0 Å². The summed E-state index contributed by atoms with van der Waals surface area (Å²) < 4.78 is 0. The van der Waals surface area contributed by atoms with Crippen molar-refractivity contribution in [1.82, 2.24) is 5.32 Å². The zero-order valence-corrected chi connectivity index (χ0v) is 11.0. The Balaban J connectivity index is 2.09.